The molecule has 0 saturated carbocycles. The summed E-state index contributed by atoms with van der Waals surface area (Å²) in [5, 5.41) is 0. The van der Waals surface area contributed by atoms with Crippen LogP contribution in [0.3, 0.4) is 0 Å². The molecule has 2 aromatic rings. The monoisotopic (exact) mass is 510 g/mol. The van der Waals surface area contributed by atoms with Crippen LogP contribution in [0.1, 0.15) is 17.3 Å². The van der Waals surface area contributed by atoms with Gasteiger partial charge < -0.3 is 12.5 Å². The van der Waals surface area contributed by atoms with E-state index in [1.54, 1.807) is 41.2 Å². The van der Waals surface area contributed by atoms with E-state index >= 15 is 0 Å². The molecule has 2 aromatic carbocycles. The molecular formula is C15H12I2O4. The highest BCUT2D eigenvalue weighted by Gasteiger charge is 2.11. The zero-order chi connectivity index (χ0) is 15.2. The van der Waals surface area contributed by atoms with Crippen molar-refractivity contribution in [2.45, 2.75) is 6.92 Å². The van der Waals surface area contributed by atoms with Gasteiger partial charge in [-0.3, -0.25) is 0 Å². The normalized spacial score (nSPS) is 10.0. The first kappa shape index (κ1) is 16.3. The van der Waals surface area contributed by atoms with E-state index < -0.39 is 0 Å². The Hall–Kier alpha value is -1.03. The molecule has 0 aliphatic heterocycles. The van der Waals surface area contributed by atoms with Gasteiger partial charge in [0.2, 0.25) is 0 Å². The summed E-state index contributed by atoms with van der Waals surface area (Å²) in [6.07, 6.45) is 0. The Morgan fingerprint density at radius 2 is 1.67 bits per heavy atom. The van der Waals surface area contributed by atoms with Crippen LogP contribution in [-0.4, -0.2) is 12.6 Å². The molecule has 0 aliphatic rings. The molecule has 21 heavy (non-hydrogen) atoms. The Kier molecular flexibility index (Phi) is 6.09. The summed E-state index contributed by atoms with van der Waals surface area (Å²) in [5.41, 5.74) is 0.518. The van der Waals surface area contributed by atoms with Gasteiger partial charge in [0, 0.05) is 3.57 Å². The van der Waals surface area contributed by atoms with E-state index in [4.69, 9.17) is 9.47 Å². The molecule has 0 N–H and O–H groups in total. The minimum absolute atomic E-state index is 0.368. The number of halogens is 2. The van der Waals surface area contributed by atoms with E-state index in [9.17, 15) is 4.79 Å². The second-order valence-corrected chi connectivity index (χ2v) is 5.62. The van der Waals surface area contributed by atoms with Crippen molar-refractivity contribution >= 4 is 51.6 Å². The van der Waals surface area contributed by atoms with Gasteiger partial charge in [0.1, 0.15) is 17.2 Å². The van der Waals surface area contributed by atoms with E-state index in [1.165, 1.54) is 0 Å². The van der Waals surface area contributed by atoms with Gasteiger partial charge in [-0.05, 0) is 72.0 Å². The molecule has 4 nitrogen and oxygen atoms in total. The summed E-state index contributed by atoms with van der Waals surface area (Å²) in [6.45, 7) is 2.57. The van der Waals surface area contributed by atoms with Gasteiger partial charge in [-0.1, -0.05) is 0 Å². The van der Waals surface area contributed by atoms with Gasteiger partial charge in [0.25, 0.3) is 0 Å². The van der Waals surface area contributed by atoms with E-state index in [0.717, 1.165) is 9.32 Å². The number of hydrogen-bond acceptors (Lipinski definition) is 4. The molecule has 0 saturated heterocycles. The number of carbonyl (C=O) groups excluding carboxylic acids is 1. The van der Waals surface area contributed by atoms with Gasteiger partial charge in [0.05, 0.1) is 12.2 Å². The Labute approximate surface area is 150 Å². The molecule has 0 aliphatic carbocycles. The molecule has 0 bridgehead atoms. The van der Waals surface area contributed by atoms with Crippen molar-refractivity contribution < 1.29 is 17.3 Å². The van der Waals surface area contributed by atoms with Crippen molar-refractivity contribution in [1.82, 2.24) is 0 Å². The molecule has 0 amide bonds. The maximum atomic E-state index is 11.5. The van der Waals surface area contributed by atoms with Gasteiger partial charge in [0.15, 0.2) is 23.0 Å². The van der Waals surface area contributed by atoms with Gasteiger partial charge in [-0.2, -0.15) is 0 Å². The van der Waals surface area contributed by atoms with Gasteiger partial charge >= 0.3 is 5.97 Å². The smallest absolute Gasteiger partial charge is 0.348 e. The number of rotatable bonds is 5. The Balaban J connectivity index is 2.12. The Bertz CT molecular complexity index is 626. The number of carbonyl (C=O) groups is 1. The molecule has 2 rings (SSSR count). The van der Waals surface area contributed by atoms with Gasteiger partial charge in [-0.25, -0.2) is 4.79 Å². The highest BCUT2D eigenvalue weighted by molar-refractivity contribution is 14.1. The molecule has 110 valence electrons. The highest BCUT2D eigenvalue weighted by atomic mass is 127. The standard InChI is InChI=1S/C15H12I2O4/c1-2-19-10-3-5-11(6-4-10)20-12-7-8-13(14(16)9-12)15(18)21-17/h3-9H,2H2,1H3. The van der Waals surface area contributed by atoms with Crippen LogP contribution in [0.5, 0.6) is 17.2 Å². The fourth-order valence-electron chi connectivity index (χ4n) is 1.67. The van der Waals surface area contributed by atoms with Crippen LogP contribution in [0.15, 0.2) is 42.5 Å². The number of benzene rings is 2. The summed E-state index contributed by atoms with van der Waals surface area (Å²) in [6, 6.07) is 12.6. The van der Waals surface area contributed by atoms with E-state index in [-0.39, 0.29) is 5.97 Å². The van der Waals surface area contributed by atoms with Crippen LogP contribution in [0.25, 0.3) is 0 Å². The average Bonchev–Trinajstić information content (AvgIpc) is 2.49. The number of ether oxygens (including phenoxy) is 2. The van der Waals surface area contributed by atoms with Crippen LogP contribution in [0, 0.1) is 3.57 Å². The Morgan fingerprint density at radius 3 is 2.24 bits per heavy atom. The van der Waals surface area contributed by atoms with Crippen LogP contribution < -0.4 is 9.47 Å². The van der Waals surface area contributed by atoms with Crippen molar-refractivity contribution in [3.63, 3.8) is 0 Å². The lowest BCUT2D eigenvalue weighted by Gasteiger charge is -2.09. The maximum absolute atomic E-state index is 11.5. The fraction of sp³-hybridized carbons (Fsp3) is 0.133. The average molecular weight is 510 g/mol. The van der Waals surface area contributed by atoms with Crippen molar-refractivity contribution in [2.75, 3.05) is 6.61 Å². The predicted molar refractivity (Wildman–Crippen MR) is 96.3 cm³/mol. The van der Waals surface area contributed by atoms with Crippen molar-refractivity contribution in [1.29, 1.82) is 0 Å². The summed E-state index contributed by atoms with van der Waals surface area (Å²) < 4.78 is 16.6. The molecule has 0 unspecified atom stereocenters. The molecule has 0 spiro atoms. The molecule has 0 heterocycles. The summed E-state index contributed by atoms with van der Waals surface area (Å²) >= 11 is 3.65. The summed E-state index contributed by atoms with van der Waals surface area (Å²) in [5.74, 6) is 1.80. The largest absolute Gasteiger partial charge is 0.494 e. The van der Waals surface area contributed by atoms with E-state index in [2.05, 4.69) is 25.7 Å². The fourth-order valence-corrected chi connectivity index (χ4v) is 2.62. The van der Waals surface area contributed by atoms with E-state index in [0.29, 0.717) is 23.7 Å². The van der Waals surface area contributed by atoms with Crippen LogP contribution in [0.2, 0.25) is 0 Å². The van der Waals surface area contributed by atoms with Crippen molar-refractivity contribution in [3.05, 3.63) is 51.6 Å². The topological polar surface area (TPSA) is 44.8 Å². The highest BCUT2D eigenvalue weighted by Crippen LogP contribution is 2.27. The minimum atomic E-state index is -0.368. The first-order valence-electron chi connectivity index (χ1n) is 6.17. The second-order valence-electron chi connectivity index (χ2n) is 4.01. The molecular weight excluding hydrogens is 498 g/mol. The minimum Gasteiger partial charge on any atom is -0.494 e. The van der Waals surface area contributed by atoms with Crippen LogP contribution in [0.4, 0.5) is 0 Å². The zero-order valence-electron chi connectivity index (χ0n) is 11.1. The second kappa shape index (κ2) is 7.83. The summed E-state index contributed by atoms with van der Waals surface area (Å²) in [7, 11) is 0. The molecule has 0 aromatic heterocycles. The van der Waals surface area contributed by atoms with Crippen LogP contribution in [-0.2, 0) is 3.07 Å². The van der Waals surface area contributed by atoms with Crippen LogP contribution >= 0.6 is 45.6 Å². The van der Waals surface area contributed by atoms with Gasteiger partial charge in [-0.15, -0.1) is 0 Å². The number of hydrogen-bond donors (Lipinski definition) is 0. The SMILES string of the molecule is CCOc1ccc(Oc2ccc(C(=O)OI)c(I)c2)cc1. The lowest BCUT2D eigenvalue weighted by molar-refractivity contribution is 0.0799. The lowest BCUT2D eigenvalue weighted by atomic mass is 10.2. The van der Waals surface area contributed by atoms with Crippen molar-refractivity contribution in [3.8, 4) is 17.2 Å². The third-order valence-corrected chi connectivity index (χ3v) is 3.89. The van der Waals surface area contributed by atoms with Crippen molar-refractivity contribution in [2.24, 2.45) is 0 Å². The zero-order valence-corrected chi connectivity index (χ0v) is 15.5. The third-order valence-electron chi connectivity index (χ3n) is 2.60. The molecule has 0 fully saturated rings. The third kappa shape index (κ3) is 4.47. The maximum Gasteiger partial charge on any atom is 0.348 e. The predicted octanol–water partition coefficient (Wildman–Crippen LogP) is 4.99. The molecule has 0 radical (unpaired) electrons. The van der Waals surface area contributed by atoms with E-state index in [1.807, 2.05) is 31.2 Å². The quantitative estimate of drug-likeness (QED) is 0.533. The molecule has 6 heteroatoms. The molecule has 0 atom stereocenters. The Morgan fingerprint density at radius 1 is 1.05 bits per heavy atom. The first-order valence-corrected chi connectivity index (χ1v) is 8.13. The first-order chi connectivity index (χ1) is 10.1. The summed E-state index contributed by atoms with van der Waals surface area (Å²) in [4.78, 5) is 11.5. The lowest BCUT2D eigenvalue weighted by Crippen LogP contribution is -2.00.